The molecule has 0 saturated heterocycles. The van der Waals surface area contributed by atoms with Gasteiger partial charge in [0.1, 0.15) is 0 Å². The lowest BCUT2D eigenvalue weighted by atomic mass is 10.2. The highest BCUT2D eigenvalue weighted by Gasteiger charge is 2.16. The molecule has 0 radical (unpaired) electrons. The van der Waals surface area contributed by atoms with Crippen LogP contribution in [0.15, 0.2) is 36.4 Å². The second-order valence-corrected chi connectivity index (χ2v) is 6.21. The highest BCUT2D eigenvalue weighted by Crippen LogP contribution is 2.11. The molecule has 4 heteroatoms. The fourth-order valence-corrected chi connectivity index (χ4v) is 2.12. The predicted molar refractivity (Wildman–Crippen MR) is 64.6 cm³/mol. The van der Waals surface area contributed by atoms with Gasteiger partial charge in [-0.2, -0.15) is 0 Å². The van der Waals surface area contributed by atoms with Crippen LogP contribution in [0.5, 0.6) is 0 Å². The van der Waals surface area contributed by atoms with E-state index in [1.165, 1.54) is 6.08 Å². The Labute approximate surface area is 95.5 Å². The monoisotopic (exact) mass is 244 g/mol. The van der Waals surface area contributed by atoms with Crippen LogP contribution in [0.1, 0.15) is 12.5 Å². The summed E-state index contributed by atoms with van der Waals surface area (Å²) < 4.78 is 21.7. The smallest absolute Gasteiger partial charge is 0.170 e. The summed E-state index contributed by atoms with van der Waals surface area (Å²) >= 11 is 5.75. The minimum absolute atomic E-state index is 0.0558. The van der Waals surface area contributed by atoms with Crippen LogP contribution in [0.2, 0.25) is 0 Å². The van der Waals surface area contributed by atoms with Crippen molar-refractivity contribution < 1.29 is 8.42 Å². The molecule has 1 aromatic carbocycles. The summed E-state index contributed by atoms with van der Waals surface area (Å²) in [5, 5.41) is 0. The van der Waals surface area contributed by atoms with Crippen molar-refractivity contribution in [3.63, 3.8) is 0 Å². The molecule has 0 bridgehead atoms. The molecule has 0 fully saturated rings. The summed E-state index contributed by atoms with van der Waals surface area (Å²) in [7, 11) is -3.19. The molecule has 0 aliphatic heterocycles. The fourth-order valence-electron chi connectivity index (χ4n) is 1.03. The molecule has 1 rings (SSSR count). The standard InChI is InChI=1S/C11H13ClO2S/c1-2-15(13,14)11(12)9-8-10-6-4-3-5-7-10/h3-9,11H,2H2,1H3. The molecule has 1 atom stereocenters. The maximum absolute atomic E-state index is 11.3. The Morgan fingerprint density at radius 2 is 1.93 bits per heavy atom. The van der Waals surface area contributed by atoms with Gasteiger partial charge in [-0.15, -0.1) is 11.6 Å². The Bertz CT molecular complexity index is 423. The molecule has 15 heavy (non-hydrogen) atoms. The van der Waals surface area contributed by atoms with Crippen molar-refractivity contribution in [1.29, 1.82) is 0 Å². The van der Waals surface area contributed by atoms with Crippen molar-refractivity contribution in [3.05, 3.63) is 42.0 Å². The first-order valence-electron chi connectivity index (χ1n) is 4.65. The number of hydrogen-bond donors (Lipinski definition) is 0. The van der Waals surface area contributed by atoms with Gasteiger partial charge < -0.3 is 0 Å². The Kier molecular flexibility index (Phi) is 4.36. The Balaban J connectivity index is 2.75. The number of benzene rings is 1. The third-order valence-corrected chi connectivity index (χ3v) is 4.59. The maximum Gasteiger partial charge on any atom is 0.170 e. The van der Waals surface area contributed by atoms with Gasteiger partial charge in [-0.05, 0) is 5.56 Å². The van der Waals surface area contributed by atoms with Crippen molar-refractivity contribution in [1.82, 2.24) is 0 Å². The number of hydrogen-bond acceptors (Lipinski definition) is 2. The molecule has 1 unspecified atom stereocenters. The average Bonchev–Trinajstić information content (AvgIpc) is 2.27. The zero-order chi connectivity index (χ0) is 11.3. The van der Waals surface area contributed by atoms with E-state index < -0.39 is 14.5 Å². The van der Waals surface area contributed by atoms with E-state index in [2.05, 4.69) is 0 Å². The molecular formula is C11H13ClO2S. The van der Waals surface area contributed by atoms with Gasteiger partial charge in [-0.25, -0.2) is 8.42 Å². The molecule has 82 valence electrons. The van der Waals surface area contributed by atoms with E-state index in [1.807, 2.05) is 30.3 Å². The lowest BCUT2D eigenvalue weighted by molar-refractivity contribution is 0.598. The van der Waals surface area contributed by atoms with Crippen LogP contribution in [0, 0.1) is 0 Å². The molecule has 0 amide bonds. The maximum atomic E-state index is 11.3. The average molecular weight is 245 g/mol. The third kappa shape index (κ3) is 3.68. The quantitative estimate of drug-likeness (QED) is 0.764. The summed E-state index contributed by atoms with van der Waals surface area (Å²) in [6.45, 7) is 1.58. The lowest BCUT2D eigenvalue weighted by Gasteiger charge is -2.03. The fraction of sp³-hybridized carbons (Fsp3) is 0.273. The number of alkyl halides is 1. The number of halogens is 1. The van der Waals surface area contributed by atoms with Crippen molar-refractivity contribution in [2.24, 2.45) is 0 Å². The largest absolute Gasteiger partial charge is 0.227 e. The number of sulfone groups is 1. The molecule has 0 spiro atoms. The summed E-state index contributed by atoms with van der Waals surface area (Å²) in [4.78, 5) is 0. The minimum atomic E-state index is -3.19. The van der Waals surface area contributed by atoms with Crippen LogP contribution in [-0.4, -0.2) is 18.9 Å². The molecule has 1 aromatic rings. The highest BCUT2D eigenvalue weighted by atomic mass is 35.5. The van der Waals surface area contributed by atoms with E-state index in [0.29, 0.717) is 0 Å². The normalized spacial score (nSPS) is 14.3. The van der Waals surface area contributed by atoms with Gasteiger partial charge in [-0.3, -0.25) is 0 Å². The summed E-state index contributed by atoms with van der Waals surface area (Å²) in [5.74, 6) is 0.0558. The van der Waals surface area contributed by atoms with Crippen LogP contribution in [0.3, 0.4) is 0 Å². The molecule has 2 nitrogen and oxygen atoms in total. The van der Waals surface area contributed by atoms with E-state index >= 15 is 0 Å². The topological polar surface area (TPSA) is 34.1 Å². The lowest BCUT2D eigenvalue weighted by Crippen LogP contribution is -2.14. The van der Waals surface area contributed by atoms with Gasteiger partial charge in [0.05, 0.1) is 0 Å². The van der Waals surface area contributed by atoms with Gasteiger partial charge in [0.25, 0.3) is 0 Å². The van der Waals surface area contributed by atoms with E-state index in [4.69, 9.17) is 11.6 Å². The van der Waals surface area contributed by atoms with E-state index in [1.54, 1.807) is 13.0 Å². The summed E-state index contributed by atoms with van der Waals surface area (Å²) in [6, 6.07) is 9.45. The van der Waals surface area contributed by atoms with Gasteiger partial charge in [0.15, 0.2) is 14.5 Å². The molecule has 0 heterocycles. The van der Waals surface area contributed by atoms with E-state index in [-0.39, 0.29) is 5.75 Å². The SMILES string of the molecule is CCS(=O)(=O)C(Cl)C=Cc1ccccc1. The van der Waals surface area contributed by atoms with Gasteiger partial charge in [-0.1, -0.05) is 49.4 Å². The molecule has 0 aromatic heterocycles. The van der Waals surface area contributed by atoms with Crippen LogP contribution in [0.4, 0.5) is 0 Å². The molecule has 0 saturated carbocycles. The van der Waals surface area contributed by atoms with Gasteiger partial charge >= 0.3 is 0 Å². The molecule has 0 N–H and O–H groups in total. The Hall–Kier alpha value is -0.800. The van der Waals surface area contributed by atoms with Crippen LogP contribution >= 0.6 is 11.6 Å². The molecule has 0 aliphatic carbocycles. The van der Waals surface area contributed by atoms with Gasteiger partial charge in [0, 0.05) is 5.75 Å². The second kappa shape index (κ2) is 5.33. The minimum Gasteiger partial charge on any atom is -0.227 e. The summed E-state index contributed by atoms with van der Waals surface area (Å²) in [6.07, 6.45) is 3.21. The highest BCUT2D eigenvalue weighted by molar-refractivity contribution is 7.93. The van der Waals surface area contributed by atoms with Crippen molar-refractivity contribution in [3.8, 4) is 0 Å². The Morgan fingerprint density at radius 3 is 2.47 bits per heavy atom. The first-order valence-corrected chi connectivity index (χ1v) is 6.80. The number of rotatable bonds is 4. The Morgan fingerprint density at radius 1 is 1.33 bits per heavy atom. The molecular weight excluding hydrogens is 232 g/mol. The predicted octanol–water partition coefficient (Wildman–Crippen LogP) is 2.70. The third-order valence-electron chi connectivity index (χ3n) is 1.98. The first-order chi connectivity index (χ1) is 7.06. The zero-order valence-electron chi connectivity index (χ0n) is 8.43. The molecule has 0 aliphatic rings. The second-order valence-electron chi connectivity index (χ2n) is 3.07. The van der Waals surface area contributed by atoms with Gasteiger partial charge in [0.2, 0.25) is 0 Å². The van der Waals surface area contributed by atoms with Crippen molar-refractivity contribution >= 4 is 27.5 Å². The van der Waals surface area contributed by atoms with Crippen molar-refractivity contribution in [2.75, 3.05) is 5.75 Å². The first kappa shape index (κ1) is 12.3. The van der Waals surface area contributed by atoms with Crippen LogP contribution < -0.4 is 0 Å². The van der Waals surface area contributed by atoms with Crippen LogP contribution in [0.25, 0.3) is 6.08 Å². The van der Waals surface area contributed by atoms with Crippen molar-refractivity contribution in [2.45, 2.75) is 11.6 Å². The van der Waals surface area contributed by atoms with E-state index in [9.17, 15) is 8.42 Å². The zero-order valence-corrected chi connectivity index (χ0v) is 10.0. The van der Waals surface area contributed by atoms with Crippen LogP contribution in [-0.2, 0) is 9.84 Å². The van der Waals surface area contributed by atoms with E-state index in [0.717, 1.165) is 5.56 Å². The summed E-state index contributed by atoms with van der Waals surface area (Å²) in [5.41, 5.74) is 0.939.